The largest absolute Gasteiger partial charge is 0.307 e. The molecule has 1 heterocycles. The van der Waals surface area contributed by atoms with Crippen LogP contribution in [0.25, 0.3) is 0 Å². The van der Waals surface area contributed by atoms with Gasteiger partial charge in [-0.15, -0.1) is 0 Å². The topological polar surface area (TPSA) is 39.1 Å². The Hall–Kier alpha value is -0.900. The van der Waals surface area contributed by atoms with Gasteiger partial charge < -0.3 is 4.57 Å². The van der Waals surface area contributed by atoms with E-state index in [4.69, 9.17) is 0 Å². The van der Waals surface area contributed by atoms with Crippen molar-refractivity contribution in [1.82, 2.24) is 4.57 Å². The summed E-state index contributed by atoms with van der Waals surface area (Å²) in [5, 5.41) is 0. The molecule has 0 aromatic carbocycles. The van der Waals surface area contributed by atoms with Gasteiger partial charge in [0.15, 0.2) is 5.78 Å². The van der Waals surface area contributed by atoms with E-state index in [1.807, 2.05) is 0 Å². The fourth-order valence-corrected chi connectivity index (χ4v) is 1.31. The van der Waals surface area contributed by atoms with Crippen LogP contribution in [0.5, 0.6) is 0 Å². The van der Waals surface area contributed by atoms with Gasteiger partial charge in [0.1, 0.15) is 0 Å². The molecule has 1 aromatic rings. The Kier molecular flexibility index (Phi) is 3.42. The van der Waals surface area contributed by atoms with Crippen molar-refractivity contribution < 1.29 is 4.79 Å². The second-order valence-corrected chi connectivity index (χ2v) is 3.54. The van der Waals surface area contributed by atoms with Gasteiger partial charge in [0.05, 0.1) is 11.0 Å². The summed E-state index contributed by atoms with van der Waals surface area (Å²) in [5.41, 5.74) is -0.163. The van der Waals surface area contributed by atoms with E-state index in [2.05, 4.69) is 15.9 Å². The molecule has 0 bridgehead atoms. The summed E-state index contributed by atoms with van der Waals surface area (Å²) >= 11 is 3.11. The van der Waals surface area contributed by atoms with Gasteiger partial charge in [-0.3, -0.25) is 9.59 Å². The molecule has 0 atom stereocenters. The van der Waals surface area contributed by atoms with Crippen molar-refractivity contribution in [2.75, 3.05) is 0 Å². The number of pyridine rings is 1. The molecule has 0 amide bonds. The highest BCUT2D eigenvalue weighted by molar-refractivity contribution is 9.10. The van der Waals surface area contributed by atoms with Gasteiger partial charge in [0.2, 0.25) is 0 Å². The lowest BCUT2D eigenvalue weighted by Crippen LogP contribution is -2.23. The molecule has 0 saturated heterocycles. The van der Waals surface area contributed by atoms with Crippen LogP contribution in [0.15, 0.2) is 27.6 Å². The quantitative estimate of drug-likeness (QED) is 0.809. The maximum Gasteiger partial charge on any atom is 0.265 e. The summed E-state index contributed by atoms with van der Waals surface area (Å²) in [6, 6.07) is 3.39. The molecule has 0 fully saturated rings. The van der Waals surface area contributed by atoms with E-state index in [1.165, 1.54) is 4.57 Å². The number of carbonyl (C=O) groups is 1. The first kappa shape index (κ1) is 10.2. The highest BCUT2D eigenvalue weighted by Crippen LogP contribution is 2.00. The fraction of sp³-hybridized carbons (Fsp3) is 0.333. The lowest BCUT2D eigenvalue weighted by atomic mass is 10.3. The molecule has 0 saturated carbocycles. The van der Waals surface area contributed by atoms with Crippen LogP contribution in [0.1, 0.15) is 13.3 Å². The molecule has 0 spiro atoms. The normalized spacial score (nSPS) is 10.0. The second-order valence-electron chi connectivity index (χ2n) is 2.68. The van der Waals surface area contributed by atoms with Gasteiger partial charge in [-0.1, -0.05) is 6.92 Å². The van der Waals surface area contributed by atoms with Crippen LogP contribution in [0.4, 0.5) is 0 Å². The summed E-state index contributed by atoms with van der Waals surface area (Å²) in [6.07, 6.45) is 2.07. The van der Waals surface area contributed by atoms with E-state index < -0.39 is 0 Å². The molecule has 0 radical (unpaired) electrons. The van der Waals surface area contributed by atoms with E-state index in [9.17, 15) is 9.59 Å². The fourth-order valence-electron chi connectivity index (χ4n) is 0.934. The molecule has 0 aliphatic rings. The molecule has 0 aliphatic heterocycles. The summed E-state index contributed by atoms with van der Waals surface area (Å²) in [4.78, 5) is 22.5. The summed E-state index contributed by atoms with van der Waals surface area (Å²) < 4.78 is 1.88. The van der Waals surface area contributed by atoms with Gasteiger partial charge in [0, 0.05) is 12.6 Å². The van der Waals surface area contributed by atoms with Gasteiger partial charge >= 0.3 is 0 Å². The number of hydrogen-bond donors (Lipinski definition) is 0. The minimum absolute atomic E-state index is 0.0557. The SMILES string of the molecule is CCC(=O)Cn1cccc(Br)c1=O. The Morgan fingerprint density at radius 2 is 2.31 bits per heavy atom. The molecule has 0 aliphatic carbocycles. The highest BCUT2D eigenvalue weighted by Gasteiger charge is 2.03. The Morgan fingerprint density at radius 3 is 2.92 bits per heavy atom. The Labute approximate surface area is 84.5 Å². The molecule has 70 valence electrons. The lowest BCUT2D eigenvalue weighted by molar-refractivity contribution is -0.119. The van der Waals surface area contributed by atoms with Crippen molar-refractivity contribution in [2.24, 2.45) is 0 Å². The van der Waals surface area contributed by atoms with Crippen LogP contribution in [-0.2, 0) is 11.3 Å². The molecule has 0 N–H and O–H groups in total. The Bertz CT molecular complexity index is 370. The number of rotatable bonds is 3. The third kappa shape index (κ3) is 2.52. The van der Waals surface area contributed by atoms with Crippen molar-refractivity contribution in [3.05, 3.63) is 33.2 Å². The van der Waals surface area contributed by atoms with Crippen LogP contribution < -0.4 is 5.56 Å². The summed E-state index contributed by atoms with van der Waals surface area (Å²) in [5.74, 6) is 0.0557. The number of halogens is 1. The lowest BCUT2D eigenvalue weighted by Gasteiger charge is -2.02. The van der Waals surface area contributed by atoms with E-state index in [0.29, 0.717) is 10.9 Å². The standard InChI is InChI=1S/C9H10BrNO2/c1-2-7(12)6-11-5-3-4-8(10)9(11)13/h3-5H,2,6H2,1H3. The van der Waals surface area contributed by atoms with Crippen LogP contribution in [0.3, 0.4) is 0 Å². The number of aromatic nitrogens is 1. The first-order valence-electron chi connectivity index (χ1n) is 4.01. The average Bonchev–Trinajstić information content (AvgIpc) is 2.13. The van der Waals surface area contributed by atoms with E-state index in [1.54, 1.807) is 25.3 Å². The average molecular weight is 244 g/mol. The number of hydrogen-bond acceptors (Lipinski definition) is 2. The molecule has 1 aromatic heterocycles. The highest BCUT2D eigenvalue weighted by atomic mass is 79.9. The van der Waals surface area contributed by atoms with E-state index in [-0.39, 0.29) is 17.9 Å². The van der Waals surface area contributed by atoms with Crippen LogP contribution >= 0.6 is 15.9 Å². The van der Waals surface area contributed by atoms with Crippen molar-refractivity contribution in [2.45, 2.75) is 19.9 Å². The van der Waals surface area contributed by atoms with Crippen LogP contribution in [0.2, 0.25) is 0 Å². The zero-order valence-electron chi connectivity index (χ0n) is 7.29. The van der Waals surface area contributed by atoms with Crippen LogP contribution in [0, 0.1) is 0 Å². The van der Waals surface area contributed by atoms with Crippen molar-refractivity contribution in [3.8, 4) is 0 Å². The number of Topliss-reactive ketones (excluding diaryl/α,β-unsaturated/α-hetero) is 1. The molecule has 4 heteroatoms. The maximum atomic E-state index is 11.4. The van der Waals surface area contributed by atoms with Gasteiger partial charge in [-0.25, -0.2) is 0 Å². The number of nitrogens with zero attached hydrogens (tertiary/aromatic N) is 1. The molecule has 0 unspecified atom stereocenters. The minimum atomic E-state index is -0.163. The number of carbonyl (C=O) groups excluding carboxylic acids is 1. The predicted octanol–water partition coefficient (Wildman–Crippen LogP) is 1.59. The van der Waals surface area contributed by atoms with Crippen molar-refractivity contribution in [3.63, 3.8) is 0 Å². The van der Waals surface area contributed by atoms with Gasteiger partial charge in [-0.05, 0) is 28.1 Å². The third-order valence-corrected chi connectivity index (χ3v) is 2.32. The molecule has 1 rings (SSSR count). The zero-order valence-corrected chi connectivity index (χ0v) is 8.87. The van der Waals surface area contributed by atoms with Crippen molar-refractivity contribution >= 4 is 21.7 Å². The molecule has 3 nitrogen and oxygen atoms in total. The number of ketones is 1. The summed E-state index contributed by atoms with van der Waals surface area (Å²) in [7, 11) is 0. The third-order valence-electron chi connectivity index (χ3n) is 1.71. The monoisotopic (exact) mass is 243 g/mol. The molecular weight excluding hydrogens is 234 g/mol. The molecular formula is C9H10BrNO2. The summed E-state index contributed by atoms with van der Waals surface area (Å²) in [6.45, 7) is 1.94. The molecule has 13 heavy (non-hydrogen) atoms. The Balaban J connectivity index is 2.96. The predicted molar refractivity (Wildman–Crippen MR) is 53.7 cm³/mol. The first-order chi connectivity index (χ1) is 6.15. The van der Waals surface area contributed by atoms with E-state index >= 15 is 0 Å². The second kappa shape index (κ2) is 4.37. The maximum absolute atomic E-state index is 11.4. The van der Waals surface area contributed by atoms with E-state index in [0.717, 1.165) is 0 Å². The van der Waals surface area contributed by atoms with Crippen LogP contribution in [-0.4, -0.2) is 10.4 Å². The van der Waals surface area contributed by atoms with Gasteiger partial charge in [-0.2, -0.15) is 0 Å². The minimum Gasteiger partial charge on any atom is -0.307 e. The van der Waals surface area contributed by atoms with Crippen molar-refractivity contribution in [1.29, 1.82) is 0 Å². The zero-order chi connectivity index (χ0) is 9.84. The first-order valence-corrected chi connectivity index (χ1v) is 4.81. The Morgan fingerprint density at radius 1 is 1.62 bits per heavy atom. The van der Waals surface area contributed by atoms with Gasteiger partial charge in [0.25, 0.3) is 5.56 Å². The smallest absolute Gasteiger partial charge is 0.265 e.